The van der Waals surface area contributed by atoms with Crippen molar-refractivity contribution >= 4 is 39.1 Å². The predicted octanol–water partition coefficient (Wildman–Crippen LogP) is 2.50. The first-order chi connectivity index (χ1) is 15.1. The molecule has 2 saturated heterocycles. The summed E-state index contributed by atoms with van der Waals surface area (Å²) in [6.45, 7) is 9.87. The second-order valence-corrected chi connectivity index (χ2v) is 8.90. The van der Waals surface area contributed by atoms with E-state index in [-0.39, 0.29) is 5.91 Å². The summed E-state index contributed by atoms with van der Waals surface area (Å²) in [7, 11) is 0. The van der Waals surface area contributed by atoms with Crippen LogP contribution in [0.4, 0.5) is 11.6 Å². The Labute approximate surface area is 185 Å². The van der Waals surface area contributed by atoms with Gasteiger partial charge in [0.15, 0.2) is 0 Å². The van der Waals surface area contributed by atoms with Crippen LogP contribution in [-0.4, -0.2) is 78.2 Å². The molecule has 3 aromatic rings. The van der Waals surface area contributed by atoms with Crippen LogP contribution in [0.15, 0.2) is 24.4 Å². The molecular weight excluding hydrogens is 412 g/mol. The van der Waals surface area contributed by atoms with Crippen molar-refractivity contribution in [1.82, 2.24) is 19.9 Å². The Bertz CT molecular complexity index is 1090. The minimum absolute atomic E-state index is 0.0896. The lowest BCUT2D eigenvalue weighted by atomic mass is 10.1. The zero-order valence-corrected chi connectivity index (χ0v) is 18.7. The summed E-state index contributed by atoms with van der Waals surface area (Å²) in [6.07, 6.45) is 1.81. The number of aromatic nitrogens is 3. The van der Waals surface area contributed by atoms with E-state index in [0.717, 1.165) is 64.3 Å². The summed E-state index contributed by atoms with van der Waals surface area (Å²) in [5.74, 6) is 2.72. The Morgan fingerprint density at radius 1 is 1.00 bits per heavy atom. The number of fused-ring (bicyclic) bond motifs is 1. The zero-order valence-electron chi connectivity index (χ0n) is 17.9. The first-order valence-corrected chi connectivity index (χ1v) is 11.5. The summed E-state index contributed by atoms with van der Waals surface area (Å²) >= 11 is 1.49. The number of anilines is 2. The molecule has 1 amide bonds. The third kappa shape index (κ3) is 3.83. The van der Waals surface area contributed by atoms with Crippen LogP contribution in [0.2, 0.25) is 0 Å². The van der Waals surface area contributed by atoms with Gasteiger partial charge in [-0.25, -0.2) is 15.0 Å². The summed E-state index contributed by atoms with van der Waals surface area (Å²) in [5.41, 5.74) is 0.985. The van der Waals surface area contributed by atoms with Crippen molar-refractivity contribution in [2.45, 2.75) is 13.8 Å². The molecular formula is C22H26N6O2S. The van der Waals surface area contributed by atoms with Crippen LogP contribution in [0.1, 0.15) is 21.1 Å². The van der Waals surface area contributed by atoms with Crippen molar-refractivity contribution in [1.29, 1.82) is 0 Å². The Morgan fingerprint density at radius 2 is 1.77 bits per heavy atom. The molecule has 8 nitrogen and oxygen atoms in total. The van der Waals surface area contributed by atoms with Gasteiger partial charge in [0.1, 0.15) is 22.3 Å². The maximum absolute atomic E-state index is 13.4. The van der Waals surface area contributed by atoms with E-state index in [0.29, 0.717) is 26.3 Å². The van der Waals surface area contributed by atoms with Crippen molar-refractivity contribution in [2.75, 3.05) is 62.3 Å². The molecule has 0 radical (unpaired) electrons. The number of piperazine rings is 1. The minimum Gasteiger partial charge on any atom is -0.378 e. The molecule has 31 heavy (non-hydrogen) atoms. The lowest BCUT2D eigenvalue weighted by Gasteiger charge is -2.35. The summed E-state index contributed by atoms with van der Waals surface area (Å²) in [6, 6.07) is 5.93. The number of nitrogens with zero attached hydrogens (tertiary/aromatic N) is 6. The number of hydrogen-bond donors (Lipinski definition) is 0. The monoisotopic (exact) mass is 438 g/mol. The van der Waals surface area contributed by atoms with Crippen LogP contribution in [0.5, 0.6) is 0 Å². The quantitative estimate of drug-likeness (QED) is 0.622. The molecule has 5 rings (SSSR count). The van der Waals surface area contributed by atoms with E-state index in [1.54, 1.807) is 0 Å². The lowest BCUT2D eigenvalue weighted by molar-refractivity contribution is 0.0751. The van der Waals surface area contributed by atoms with Crippen molar-refractivity contribution in [3.8, 4) is 0 Å². The van der Waals surface area contributed by atoms with E-state index < -0.39 is 0 Å². The average molecular weight is 439 g/mol. The van der Waals surface area contributed by atoms with Crippen molar-refractivity contribution in [3.05, 3.63) is 40.7 Å². The van der Waals surface area contributed by atoms with Gasteiger partial charge in [-0.2, -0.15) is 0 Å². The highest BCUT2D eigenvalue weighted by molar-refractivity contribution is 7.20. The maximum Gasteiger partial charge on any atom is 0.264 e. The summed E-state index contributed by atoms with van der Waals surface area (Å²) in [5, 5.41) is 1.01. The molecule has 0 aliphatic carbocycles. The lowest BCUT2D eigenvalue weighted by Crippen LogP contribution is -2.49. The van der Waals surface area contributed by atoms with Gasteiger partial charge in [0, 0.05) is 45.5 Å². The number of pyridine rings is 1. The molecule has 0 bridgehead atoms. The number of morpholine rings is 1. The standard InChI is InChI=1S/C22H26N6O2S/c1-15-18-20(27-11-13-30-14-12-27)24-16(2)25-21(18)31-19(15)22(29)28-9-7-26(8-10-28)17-5-3-4-6-23-17/h3-6H,7-14H2,1-2H3. The predicted molar refractivity (Wildman–Crippen MR) is 122 cm³/mol. The first kappa shape index (κ1) is 20.1. The zero-order chi connectivity index (χ0) is 21.4. The molecule has 2 fully saturated rings. The van der Waals surface area contributed by atoms with Crippen molar-refractivity contribution in [3.63, 3.8) is 0 Å². The number of hydrogen-bond acceptors (Lipinski definition) is 8. The molecule has 9 heteroatoms. The van der Waals surface area contributed by atoms with E-state index in [9.17, 15) is 4.79 Å². The largest absolute Gasteiger partial charge is 0.378 e. The average Bonchev–Trinajstić information content (AvgIpc) is 3.15. The number of aryl methyl sites for hydroxylation is 2. The van der Waals surface area contributed by atoms with E-state index in [4.69, 9.17) is 9.72 Å². The van der Waals surface area contributed by atoms with E-state index in [1.165, 1.54) is 11.3 Å². The maximum atomic E-state index is 13.4. The highest BCUT2D eigenvalue weighted by Gasteiger charge is 2.28. The SMILES string of the molecule is Cc1nc(N2CCOCC2)c2c(C)c(C(=O)N3CCN(c4ccccn4)CC3)sc2n1. The molecule has 0 saturated carbocycles. The van der Waals surface area contributed by atoms with Gasteiger partial charge in [-0.05, 0) is 31.5 Å². The van der Waals surface area contributed by atoms with Crippen LogP contribution in [0, 0.1) is 13.8 Å². The van der Waals surface area contributed by atoms with Gasteiger partial charge >= 0.3 is 0 Å². The molecule has 0 aromatic carbocycles. The number of carbonyl (C=O) groups excluding carboxylic acids is 1. The van der Waals surface area contributed by atoms with Crippen LogP contribution in [-0.2, 0) is 4.74 Å². The fourth-order valence-corrected chi connectivity index (χ4v) is 5.44. The number of rotatable bonds is 3. The number of amides is 1. The second kappa shape index (κ2) is 8.39. The Kier molecular flexibility index (Phi) is 5.45. The molecule has 0 unspecified atom stereocenters. The van der Waals surface area contributed by atoms with Gasteiger partial charge in [0.05, 0.1) is 23.5 Å². The third-order valence-electron chi connectivity index (χ3n) is 5.93. The van der Waals surface area contributed by atoms with Crippen LogP contribution in [0.25, 0.3) is 10.2 Å². The fourth-order valence-electron chi connectivity index (χ4n) is 4.25. The molecule has 2 aliphatic rings. The van der Waals surface area contributed by atoms with Gasteiger partial charge in [-0.15, -0.1) is 11.3 Å². The van der Waals surface area contributed by atoms with Gasteiger partial charge in [-0.1, -0.05) is 6.07 Å². The fraction of sp³-hybridized carbons (Fsp3) is 0.455. The number of carbonyl (C=O) groups is 1. The van der Waals surface area contributed by atoms with Crippen LogP contribution >= 0.6 is 11.3 Å². The molecule has 0 spiro atoms. The van der Waals surface area contributed by atoms with Crippen molar-refractivity contribution in [2.24, 2.45) is 0 Å². The van der Waals surface area contributed by atoms with E-state index >= 15 is 0 Å². The number of thiophene rings is 1. The highest BCUT2D eigenvalue weighted by Crippen LogP contribution is 2.36. The third-order valence-corrected chi connectivity index (χ3v) is 7.10. The normalized spacial score (nSPS) is 17.4. The van der Waals surface area contributed by atoms with Crippen molar-refractivity contribution < 1.29 is 9.53 Å². The minimum atomic E-state index is 0.0896. The Hall–Kier alpha value is -2.78. The molecule has 3 aromatic heterocycles. The smallest absolute Gasteiger partial charge is 0.264 e. The number of ether oxygens (including phenoxy) is 1. The summed E-state index contributed by atoms with van der Waals surface area (Å²) in [4.78, 5) is 35.3. The van der Waals surface area contributed by atoms with Crippen LogP contribution in [0.3, 0.4) is 0 Å². The molecule has 5 heterocycles. The van der Waals surface area contributed by atoms with Gasteiger partial charge < -0.3 is 19.4 Å². The molecule has 2 aliphatic heterocycles. The topological polar surface area (TPSA) is 74.7 Å². The van der Waals surface area contributed by atoms with Gasteiger partial charge in [-0.3, -0.25) is 4.79 Å². The summed E-state index contributed by atoms with van der Waals surface area (Å²) < 4.78 is 5.51. The molecule has 162 valence electrons. The van der Waals surface area contributed by atoms with Gasteiger partial charge in [0.2, 0.25) is 0 Å². The molecule has 0 atom stereocenters. The van der Waals surface area contributed by atoms with Gasteiger partial charge in [0.25, 0.3) is 5.91 Å². The Balaban J connectivity index is 1.40. The van der Waals surface area contributed by atoms with E-state index in [2.05, 4.69) is 19.8 Å². The molecule has 0 N–H and O–H groups in total. The van der Waals surface area contributed by atoms with Crippen LogP contribution < -0.4 is 9.80 Å². The highest BCUT2D eigenvalue weighted by atomic mass is 32.1. The second-order valence-electron chi connectivity index (χ2n) is 7.90. The first-order valence-electron chi connectivity index (χ1n) is 10.7. The van der Waals surface area contributed by atoms with E-state index in [1.807, 2.05) is 43.1 Å². The Morgan fingerprint density at radius 3 is 2.48 bits per heavy atom.